The van der Waals surface area contributed by atoms with Crippen LogP contribution in [0.25, 0.3) is 0 Å². The first-order valence-electron chi connectivity index (χ1n) is 8.77. The molecule has 1 aliphatic heterocycles. The first-order valence-corrected chi connectivity index (χ1v) is 8.77. The predicted octanol–water partition coefficient (Wildman–Crippen LogP) is 2.79. The van der Waals surface area contributed by atoms with Gasteiger partial charge in [-0.25, -0.2) is 8.78 Å². The fraction of sp³-hybridized carbons (Fsp3) is 0.812. The molecule has 3 aliphatic rings. The minimum Gasteiger partial charge on any atom is -0.408 e. The lowest BCUT2D eigenvalue weighted by Crippen LogP contribution is -2.35. The second kappa shape index (κ2) is 5.97. The number of hydrogen-bond donors (Lipinski definition) is 1. The SMILES string of the molecule is O=C(CC1CCCC1(F)F)N1CC[C@H](Nc2nnc(C3CC3)o2)C1. The zero-order valence-electron chi connectivity index (χ0n) is 13.5. The molecule has 1 saturated heterocycles. The molecule has 1 aromatic rings. The molecule has 2 atom stereocenters. The van der Waals surface area contributed by atoms with E-state index in [0.29, 0.717) is 43.8 Å². The topological polar surface area (TPSA) is 71.3 Å². The third kappa shape index (κ3) is 3.23. The smallest absolute Gasteiger partial charge is 0.315 e. The van der Waals surface area contributed by atoms with Crippen molar-refractivity contribution in [3.63, 3.8) is 0 Å². The monoisotopic (exact) mass is 340 g/mol. The maximum absolute atomic E-state index is 13.7. The lowest BCUT2D eigenvalue weighted by Gasteiger charge is -2.22. The Morgan fingerprint density at radius 1 is 1.29 bits per heavy atom. The normalized spacial score (nSPS) is 29.2. The zero-order valence-corrected chi connectivity index (χ0v) is 13.5. The van der Waals surface area contributed by atoms with E-state index < -0.39 is 11.8 Å². The number of likely N-dealkylation sites (tertiary alicyclic amines) is 1. The summed E-state index contributed by atoms with van der Waals surface area (Å²) in [5.41, 5.74) is 0. The number of hydrogen-bond acceptors (Lipinski definition) is 5. The molecule has 2 heterocycles. The Bertz CT molecular complexity index is 617. The van der Waals surface area contributed by atoms with Gasteiger partial charge in [0.05, 0.1) is 0 Å². The summed E-state index contributed by atoms with van der Waals surface area (Å²) in [5, 5.41) is 11.2. The molecule has 4 rings (SSSR count). The summed E-state index contributed by atoms with van der Waals surface area (Å²) in [6, 6.07) is 0.420. The Balaban J connectivity index is 1.28. The van der Waals surface area contributed by atoms with Crippen molar-refractivity contribution >= 4 is 11.9 Å². The van der Waals surface area contributed by atoms with Crippen molar-refractivity contribution in [2.24, 2.45) is 5.92 Å². The Kier molecular flexibility index (Phi) is 3.92. The van der Waals surface area contributed by atoms with E-state index in [0.717, 1.165) is 19.3 Å². The molecule has 24 heavy (non-hydrogen) atoms. The number of amides is 1. The molecule has 0 spiro atoms. The Morgan fingerprint density at radius 3 is 2.83 bits per heavy atom. The molecule has 8 heteroatoms. The Hall–Kier alpha value is -1.73. The fourth-order valence-electron chi connectivity index (χ4n) is 3.66. The number of nitrogens with zero attached hydrogens (tertiary/aromatic N) is 3. The van der Waals surface area contributed by atoms with Crippen molar-refractivity contribution in [3.05, 3.63) is 5.89 Å². The number of nitrogens with one attached hydrogen (secondary N) is 1. The van der Waals surface area contributed by atoms with Crippen LogP contribution in [0.4, 0.5) is 14.8 Å². The van der Waals surface area contributed by atoms with Crippen molar-refractivity contribution in [2.45, 2.75) is 62.8 Å². The summed E-state index contributed by atoms with van der Waals surface area (Å²) < 4.78 is 32.9. The second-order valence-electron chi connectivity index (χ2n) is 7.24. The highest BCUT2D eigenvalue weighted by Crippen LogP contribution is 2.42. The van der Waals surface area contributed by atoms with Gasteiger partial charge < -0.3 is 14.6 Å². The van der Waals surface area contributed by atoms with Gasteiger partial charge in [-0.2, -0.15) is 0 Å². The maximum atomic E-state index is 13.7. The van der Waals surface area contributed by atoms with Crippen molar-refractivity contribution < 1.29 is 18.0 Å². The lowest BCUT2D eigenvalue weighted by molar-refractivity contribution is -0.134. The van der Waals surface area contributed by atoms with E-state index in [4.69, 9.17) is 4.42 Å². The van der Waals surface area contributed by atoms with Gasteiger partial charge in [-0.15, -0.1) is 5.10 Å². The van der Waals surface area contributed by atoms with Crippen molar-refractivity contribution in [2.75, 3.05) is 18.4 Å². The van der Waals surface area contributed by atoms with Crippen LogP contribution < -0.4 is 5.32 Å². The quantitative estimate of drug-likeness (QED) is 0.892. The predicted molar refractivity (Wildman–Crippen MR) is 81.8 cm³/mol. The molecule has 2 saturated carbocycles. The van der Waals surface area contributed by atoms with Gasteiger partial charge in [0, 0.05) is 43.8 Å². The largest absolute Gasteiger partial charge is 0.408 e. The molecule has 1 aromatic heterocycles. The first-order chi connectivity index (χ1) is 11.5. The molecule has 0 aromatic carbocycles. The van der Waals surface area contributed by atoms with Crippen molar-refractivity contribution in [1.82, 2.24) is 15.1 Å². The maximum Gasteiger partial charge on any atom is 0.315 e. The number of carbonyl (C=O) groups excluding carboxylic acids is 1. The highest BCUT2D eigenvalue weighted by molar-refractivity contribution is 5.77. The third-order valence-corrected chi connectivity index (χ3v) is 5.32. The van der Waals surface area contributed by atoms with Gasteiger partial charge in [0.15, 0.2) is 0 Å². The first kappa shape index (κ1) is 15.8. The summed E-state index contributed by atoms with van der Waals surface area (Å²) in [7, 11) is 0. The molecule has 3 fully saturated rings. The number of anilines is 1. The minimum absolute atomic E-state index is 0.0329. The van der Waals surface area contributed by atoms with E-state index in [-0.39, 0.29) is 24.8 Å². The van der Waals surface area contributed by atoms with Crippen LogP contribution in [0, 0.1) is 5.92 Å². The minimum atomic E-state index is -2.68. The van der Waals surface area contributed by atoms with Crippen molar-refractivity contribution in [3.8, 4) is 0 Å². The molecule has 1 unspecified atom stereocenters. The Labute approximate surface area is 139 Å². The second-order valence-corrected chi connectivity index (χ2v) is 7.24. The van der Waals surface area contributed by atoms with Gasteiger partial charge in [0.25, 0.3) is 5.92 Å². The molecule has 2 aliphatic carbocycles. The van der Waals surface area contributed by atoms with Gasteiger partial charge in [-0.3, -0.25) is 4.79 Å². The lowest BCUT2D eigenvalue weighted by atomic mass is 10.00. The standard InChI is InChI=1S/C16H22F2N4O2/c17-16(18)6-1-2-11(16)8-13(23)22-7-5-12(9-22)19-15-21-20-14(24-15)10-3-4-10/h10-12H,1-9H2,(H,19,21)/t11?,12-/m0/s1. The van der Waals surface area contributed by atoms with Crippen LogP contribution in [0.15, 0.2) is 4.42 Å². The van der Waals surface area contributed by atoms with Gasteiger partial charge in [0.2, 0.25) is 11.8 Å². The molecule has 0 bridgehead atoms. The van der Waals surface area contributed by atoms with Crippen LogP contribution >= 0.6 is 0 Å². The van der Waals surface area contributed by atoms with Crippen LogP contribution in [0.2, 0.25) is 0 Å². The van der Waals surface area contributed by atoms with Crippen LogP contribution in [0.5, 0.6) is 0 Å². The highest BCUT2D eigenvalue weighted by atomic mass is 19.3. The van der Waals surface area contributed by atoms with Gasteiger partial charge >= 0.3 is 6.01 Å². The summed E-state index contributed by atoms with van der Waals surface area (Å²) in [6.45, 7) is 1.08. The van der Waals surface area contributed by atoms with E-state index in [1.165, 1.54) is 0 Å². The molecular formula is C16H22F2N4O2. The van der Waals surface area contributed by atoms with Crippen LogP contribution in [0.1, 0.15) is 56.8 Å². The van der Waals surface area contributed by atoms with Crippen molar-refractivity contribution in [1.29, 1.82) is 0 Å². The van der Waals surface area contributed by atoms with E-state index in [1.807, 2.05) is 0 Å². The van der Waals surface area contributed by atoms with Gasteiger partial charge in [-0.1, -0.05) is 5.10 Å². The Morgan fingerprint density at radius 2 is 2.12 bits per heavy atom. The van der Waals surface area contributed by atoms with Gasteiger partial charge in [-0.05, 0) is 32.1 Å². The van der Waals surface area contributed by atoms with E-state index >= 15 is 0 Å². The van der Waals surface area contributed by atoms with Crippen LogP contribution in [0.3, 0.4) is 0 Å². The van der Waals surface area contributed by atoms with Crippen LogP contribution in [-0.4, -0.2) is 46.1 Å². The fourth-order valence-corrected chi connectivity index (χ4v) is 3.66. The average molecular weight is 340 g/mol. The number of aromatic nitrogens is 2. The molecule has 6 nitrogen and oxygen atoms in total. The zero-order chi connectivity index (χ0) is 16.7. The number of carbonyl (C=O) groups is 1. The molecule has 1 amide bonds. The molecular weight excluding hydrogens is 318 g/mol. The average Bonchev–Trinajstić information content (AvgIpc) is 2.95. The molecule has 132 valence electrons. The summed E-state index contributed by atoms with van der Waals surface area (Å²) in [5.74, 6) is -2.57. The van der Waals surface area contributed by atoms with Gasteiger partial charge in [0.1, 0.15) is 0 Å². The molecule has 0 radical (unpaired) electrons. The number of halogens is 2. The van der Waals surface area contributed by atoms with E-state index in [1.54, 1.807) is 4.90 Å². The summed E-state index contributed by atoms with van der Waals surface area (Å²) >= 11 is 0. The summed E-state index contributed by atoms with van der Waals surface area (Å²) in [4.78, 5) is 14.0. The summed E-state index contributed by atoms with van der Waals surface area (Å²) in [6.07, 6.45) is 3.77. The van der Waals surface area contributed by atoms with E-state index in [2.05, 4.69) is 15.5 Å². The highest BCUT2D eigenvalue weighted by Gasteiger charge is 2.45. The molecule has 1 N–H and O–H groups in total. The van der Waals surface area contributed by atoms with E-state index in [9.17, 15) is 13.6 Å². The number of rotatable bonds is 5. The third-order valence-electron chi connectivity index (χ3n) is 5.32. The number of alkyl halides is 2. The van der Waals surface area contributed by atoms with Crippen LogP contribution in [-0.2, 0) is 4.79 Å².